The summed E-state index contributed by atoms with van der Waals surface area (Å²) in [7, 11) is 1.60. The van der Waals surface area contributed by atoms with Crippen molar-refractivity contribution in [2.75, 3.05) is 20.2 Å². The Hall–Kier alpha value is -4.14. The lowest BCUT2D eigenvalue weighted by molar-refractivity contribution is 0.0560. The van der Waals surface area contributed by atoms with Gasteiger partial charge in [0.25, 0.3) is 0 Å². The van der Waals surface area contributed by atoms with Gasteiger partial charge in [-0.15, -0.1) is 10.2 Å². The normalized spacial score (nSPS) is 14.2. The number of carbonyl (C=O) groups is 1. The van der Waals surface area contributed by atoms with Gasteiger partial charge >= 0.3 is 11.8 Å². The lowest BCUT2D eigenvalue weighted by Crippen LogP contribution is -2.41. The van der Waals surface area contributed by atoms with Crippen LogP contribution in [0.25, 0.3) is 17.1 Å². The van der Waals surface area contributed by atoms with Crippen molar-refractivity contribution in [2.24, 2.45) is 0 Å². The number of aromatic nitrogens is 4. The fourth-order valence-corrected chi connectivity index (χ4v) is 4.01. The summed E-state index contributed by atoms with van der Waals surface area (Å²) >= 11 is 0. The Bertz CT molecular complexity index is 1280. The number of piperidine rings is 1. The molecular weight excluding hydrogens is 434 g/mol. The Balaban J connectivity index is 1.25. The molecule has 1 fully saturated rings. The summed E-state index contributed by atoms with van der Waals surface area (Å²) in [6, 6.07) is 15.3. The number of hydrogen-bond donors (Lipinski definition) is 0. The maximum Gasteiger partial charge on any atom is 0.311 e. The fourth-order valence-electron chi connectivity index (χ4n) is 4.01. The third-order valence-corrected chi connectivity index (χ3v) is 5.80. The molecule has 3 heterocycles. The first kappa shape index (κ1) is 21.7. The van der Waals surface area contributed by atoms with Crippen LogP contribution in [0.3, 0.4) is 0 Å². The van der Waals surface area contributed by atoms with E-state index in [1.165, 1.54) is 0 Å². The zero-order valence-electron chi connectivity index (χ0n) is 19.0. The fraction of sp³-hybridized carbons (Fsp3) is 0.280. The highest BCUT2D eigenvalue weighted by molar-refractivity contribution is 5.89. The van der Waals surface area contributed by atoms with Crippen LogP contribution in [-0.2, 0) is 0 Å². The summed E-state index contributed by atoms with van der Waals surface area (Å²) < 4.78 is 19.2. The minimum absolute atomic E-state index is 0.0225. The number of para-hydroxylation sites is 1. The van der Waals surface area contributed by atoms with Gasteiger partial charge in [0, 0.05) is 37.7 Å². The molecule has 0 aliphatic carbocycles. The van der Waals surface area contributed by atoms with E-state index in [0.717, 1.165) is 30.0 Å². The van der Waals surface area contributed by atoms with Gasteiger partial charge in [-0.2, -0.15) is 0 Å². The topological polar surface area (TPSA) is 95.5 Å². The van der Waals surface area contributed by atoms with Gasteiger partial charge in [0.2, 0.25) is 5.89 Å². The summed E-state index contributed by atoms with van der Waals surface area (Å²) in [5, 5.41) is 8.09. The van der Waals surface area contributed by atoms with Gasteiger partial charge in [-0.25, -0.2) is 4.98 Å². The third kappa shape index (κ3) is 4.50. The highest BCUT2D eigenvalue weighted by Gasteiger charge is 2.28. The van der Waals surface area contributed by atoms with E-state index in [0.29, 0.717) is 24.4 Å². The maximum absolute atomic E-state index is 12.9. The molecule has 0 unspecified atom stereocenters. The summed E-state index contributed by atoms with van der Waals surface area (Å²) in [4.78, 5) is 18.9. The van der Waals surface area contributed by atoms with E-state index < -0.39 is 0 Å². The SMILES string of the molecule is COc1cc(-c2nnc(C(=O)N3CCC(Oc4ccccc4)CC3)o2)ccc1-n1cnc(C)c1. The summed E-state index contributed by atoms with van der Waals surface area (Å²) in [6.07, 6.45) is 5.21. The molecule has 1 aliphatic heterocycles. The van der Waals surface area contributed by atoms with E-state index >= 15 is 0 Å². The van der Waals surface area contributed by atoms with Crippen LogP contribution in [0.5, 0.6) is 11.5 Å². The van der Waals surface area contributed by atoms with Gasteiger partial charge < -0.3 is 23.4 Å². The predicted molar refractivity (Wildman–Crippen MR) is 124 cm³/mol. The minimum atomic E-state index is -0.269. The Morgan fingerprint density at radius 1 is 1.09 bits per heavy atom. The van der Waals surface area contributed by atoms with Crippen molar-refractivity contribution >= 4 is 5.91 Å². The third-order valence-electron chi connectivity index (χ3n) is 5.80. The molecule has 0 bridgehead atoms. The van der Waals surface area contributed by atoms with E-state index in [4.69, 9.17) is 13.9 Å². The maximum atomic E-state index is 12.9. The standard InChI is InChI=1S/C25H25N5O4/c1-17-15-30(16-26-17)21-9-8-18(14-22(21)32-2)23-27-28-24(34-23)25(31)29-12-10-20(11-13-29)33-19-6-4-3-5-7-19/h3-9,14-16,20H,10-13H2,1-2H3. The van der Waals surface area contributed by atoms with Gasteiger partial charge in [-0.1, -0.05) is 18.2 Å². The number of ether oxygens (including phenoxy) is 2. The molecule has 1 amide bonds. The Morgan fingerprint density at radius 3 is 2.59 bits per heavy atom. The Kier molecular flexibility index (Phi) is 5.99. The quantitative estimate of drug-likeness (QED) is 0.431. The van der Waals surface area contributed by atoms with Crippen LogP contribution in [0.1, 0.15) is 29.2 Å². The second kappa shape index (κ2) is 9.38. The van der Waals surface area contributed by atoms with Crippen molar-refractivity contribution in [1.82, 2.24) is 24.6 Å². The van der Waals surface area contributed by atoms with Crippen molar-refractivity contribution in [1.29, 1.82) is 0 Å². The van der Waals surface area contributed by atoms with Crippen LogP contribution in [0.4, 0.5) is 0 Å². The van der Waals surface area contributed by atoms with E-state index in [9.17, 15) is 4.79 Å². The molecule has 5 rings (SSSR count). The van der Waals surface area contributed by atoms with Crippen molar-refractivity contribution in [3.05, 3.63) is 72.6 Å². The lowest BCUT2D eigenvalue weighted by atomic mass is 10.1. The molecule has 1 saturated heterocycles. The molecule has 9 nitrogen and oxygen atoms in total. The van der Waals surface area contributed by atoms with Crippen LogP contribution >= 0.6 is 0 Å². The summed E-state index contributed by atoms with van der Waals surface area (Å²) in [6.45, 7) is 3.06. The highest BCUT2D eigenvalue weighted by Crippen LogP contribution is 2.29. The lowest BCUT2D eigenvalue weighted by Gasteiger charge is -2.31. The molecule has 2 aromatic carbocycles. The van der Waals surface area contributed by atoms with Crippen LogP contribution in [0.15, 0.2) is 65.5 Å². The van der Waals surface area contributed by atoms with Gasteiger partial charge in [-0.05, 0) is 37.3 Å². The van der Waals surface area contributed by atoms with Gasteiger partial charge in [-0.3, -0.25) is 4.79 Å². The largest absolute Gasteiger partial charge is 0.495 e. The van der Waals surface area contributed by atoms with Crippen molar-refractivity contribution in [3.8, 4) is 28.6 Å². The van der Waals surface area contributed by atoms with Gasteiger partial charge in [0.15, 0.2) is 0 Å². The van der Waals surface area contributed by atoms with Gasteiger partial charge in [0.05, 0.1) is 24.8 Å². The molecule has 0 radical (unpaired) electrons. The van der Waals surface area contributed by atoms with Crippen molar-refractivity contribution in [2.45, 2.75) is 25.9 Å². The van der Waals surface area contributed by atoms with Crippen molar-refractivity contribution in [3.63, 3.8) is 0 Å². The van der Waals surface area contributed by atoms with Crippen LogP contribution in [0, 0.1) is 6.92 Å². The van der Waals surface area contributed by atoms with Crippen molar-refractivity contribution < 1.29 is 18.7 Å². The van der Waals surface area contributed by atoms with E-state index in [1.807, 2.05) is 60.2 Å². The number of hydrogen-bond acceptors (Lipinski definition) is 7. The zero-order valence-corrected chi connectivity index (χ0v) is 19.0. The molecular formula is C25H25N5O4. The molecule has 1 aliphatic rings. The molecule has 2 aromatic heterocycles. The summed E-state index contributed by atoms with van der Waals surface area (Å²) in [5.74, 6) is 1.44. The van der Waals surface area contributed by atoms with Crippen LogP contribution in [-0.4, -0.2) is 56.9 Å². The Labute approximate surface area is 197 Å². The average Bonchev–Trinajstić information content (AvgIpc) is 3.54. The molecule has 0 N–H and O–H groups in total. The number of amides is 1. The molecule has 0 atom stereocenters. The number of rotatable bonds is 6. The number of aryl methyl sites for hydroxylation is 1. The minimum Gasteiger partial charge on any atom is -0.495 e. The highest BCUT2D eigenvalue weighted by atomic mass is 16.5. The number of imidazole rings is 1. The second-order valence-electron chi connectivity index (χ2n) is 8.14. The average molecular weight is 460 g/mol. The number of nitrogens with zero attached hydrogens (tertiary/aromatic N) is 5. The molecule has 9 heteroatoms. The van der Waals surface area contributed by atoms with E-state index in [2.05, 4.69) is 15.2 Å². The zero-order chi connectivity index (χ0) is 23.5. The molecule has 34 heavy (non-hydrogen) atoms. The van der Waals surface area contributed by atoms with E-state index in [-0.39, 0.29) is 23.8 Å². The van der Waals surface area contributed by atoms with Gasteiger partial charge in [0.1, 0.15) is 17.6 Å². The molecule has 0 spiro atoms. The smallest absolute Gasteiger partial charge is 0.311 e. The monoisotopic (exact) mass is 459 g/mol. The van der Waals surface area contributed by atoms with Crippen LogP contribution < -0.4 is 9.47 Å². The predicted octanol–water partition coefficient (Wildman–Crippen LogP) is 3.92. The first-order valence-corrected chi connectivity index (χ1v) is 11.1. The molecule has 4 aromatic rings. The molecule has 0 saturated carbocycles. The first-order chi connectivity index (χ1) is 16.6. The summed E-state index contributed by atoms with van der Waals surface area (Å²) in [5.41, 5.74) is 2.41. The number of methoxy groups -OCH3 is 1. The van der Waals surface area contributed by atoms with E-state index in [1.54, 1.807) is 24.4 Å². The molecule has 174 valence electrons. The number of carbonyl (C=O) groups excluding carboxylic acids is 1. The van der Waals surface area contributed by atoms with Crippen LogP contribution in [0.2, 0.25) is 0 Å². The number of likely N-dealkylation sites (tertiary alicyclic amines) is 1. The Morgan fingerprint density at radius 2 is 1.88 bits per heavy atom. The number of benzene rings is 2. The first-order valence-electron chi connectivity index (χ1n) is 11.1. The second-order valence-corrected chi connectivity index (χ2v) is 8.14.